The molecule has 3 amide bonds. The topological polar surface area (TPSA) is 90.9 Å². The first kappa shape index (κ1) is 43.1. The van der Waals surface area contributed by atoms with E-state index in [1.54, 1.807) is 17.9 Å². The number of anilines is 2. The van der Waals surface area contributed by atoms with Gasteiger partial charge in [-0.2, -0.15) is 0 Å². The summed E-state index contributed by atoms with van der Waals surface area (Å²) >= 11 is 0. The van der Waals surface area contributed by atoms with E-state index in [4.69, 9.17) is 0 Å². The summed E-state index contributed by atoms with van der Waals surface area (Å²) in [6, 6.07) is 34.3. The van der Waals surface area contributed by atoms with Crippen molar-refractivity contribution in [2.24, 2.45) is 0 Å². The van der Waals surface area contributed by atoms with Gasteiger partial charge >= 0.3 is 0 Å². The highest BCUT2D eigenvalue weighted by molar-refractivity contribution is 5.96. The predicted octanol–water partition coefficient (Wildman–Crippen LogP) is 6.08. The first-order valence-electron chi connectivity index (χ1n) is 21.0. The molecular formula is C49H62N6O4. The Kier molecular flexibility index (Phi) is 14.6. The quantitative estimate of drug-likeness (QED) is 0.155. The van der Waals surface area contributed by atoms with Crippen LogP contribution in [0.15, 0.2) is 109 Å². The highest BCUT2D eigenvalue weighted by Gasteiger charge is 2.34. The molecule has 10 heteroatoms. The maximum absolute atomic E-state index is 14.8. The number of aliphatic hydroxyl groups is 1. The molecule has 1 N–H and O–H groups in total. The fourth-order valence-electron chi connectivity index (χ4n) is 7.89. The fraction of sp³-hybridized carbons (Fsp3) is 0.408. The summed E-state index contributed by atoms with van der Waals surface area (Å²) in [5, 5.41) is 9.32. The second kappa shape index (κ2) is 20.0. The highest BCUT2D eigenvalue weighted by atomic mass is 16.3. The summed E-state index contributed by atoms with van der Waals surface area (Å²) in [5.41, 5.74) is 7.45. The minimum Gasteiger partial charge on any atom is -0.395 e. The van der Waals surface area contributed by atoms with Gasteiger partial charge in [0.2, 0.25) is 17.7 Å². The number of piperazine rings is 2. The van der Waals surface area contributed by atoms with Crippen molar-refractivity contribution in [3.05, 3.63) is 137 Å². The van der Waals surface area contributed by atoms with Crippen LogP contribution in [0.3, 0.4) is 0 Å². The lowest BCUT2D eigenvalue weighted by molar-refractivity contribution is -0.145. The van der Waals surface area contributed by atoms with Crippen molar-refractivity contribution in [1.29, 1.82) is 0 Å². The van der Waals surface area contributed by atoms with Gasteiger partial charge in [-0.3, -0.25) is 19.3 Å². The number of likely N-dealkylation sites (N-methyl/N-ethyl adjacent to an activating group) is 1. The molecule has 6 rings (SSSR count). The first-order chi connectivity index (χ1) is 28.4. The van der Waals surface area contributed by atoms with Crippen LogP contribution in [0, 0.1) is 0 Å². The van der Waals surface area contributed by atoms with Crippen LogP contribution in [-0.4, -0.2) is 121 Å². The number of hydrogen-bond acceptors (Lipinski definition) is 7. The number of rotatable bonds is 14. The van der Waals surface area contributed by atoms with Gasteiger partial charge < -0.3 is 29.6 Å². The summed E-state index contributed by atoms with van der Waals surface area (Å²) in [5.74, 6) is -0.149. The van der Waals surface area contributed by atoms with E-state index in [0.29, 0.717) is 39.1 Å². The van der Waals surface area contributed by atoms with Crippen LogP contribution < -0.4 is 9.80 Å². The first-order valence-corrected chi connectivity index (χ1v) is 21.0. The Labute approximate surface area is 351 Å². The van der Waals surface area contributed by atoms with Gasteiger partial charge in [-0.25, -0.2) is 0 Å². The Morgan fingerprint density at radius 2 is 1.34 bits per heavy atom. The molecule has 2 fully saturated rings. The molecular weight excluding hydrogens is 737 g/mol. The van der Waals surface area contributed by atoms with Gasteiger partial charge in [0.25, 0.3) is 0 Å². The number of amides is 3. The Hall–Kier alpha value is -5.45. The molecule has 0 aliphatic carbocycles. The molecule has 1 atom stereocenters. The molecule has 0 saturated carbocycles. The third-order valence-electron chi connectivity index (χ3n) is 11.7. The number of carbonyl (C=O) groups is 3. The minimum absolute atomic E-state index is 0.0214. The van der Waals surface area contributed by atoms with Crippen LogP contribution in [-0.2, 0) is 39.3 Å². The monoisotopic (exact) mass is 798 g/mol. The van der Waals surface area contributed by atoms with E-state index in [0.717, 1.165) is 60.8 Å². The van der Waals surface area contributed by atoms with Crippen LogP contribution >= 0.6 is 0 Å². The Bertz CT molecular complexity index is 1990. The second-order valence-corrected chi connectivity index (χ2v) is 16.9. The summed E-state index contributed by atoms with van der Waals surface area (Å²) in [6.07, 6.45) is 3.87. The summed E-state index contributed by atoms with van der Waals surface area (Å²) in [6.45, 7) is 15.5. The van der Waals surface area contributed by atoms with Crippen molar-refractivity contribution < 1.29 is 19.5 Å². The van der Waals surface area contributed by atoms with Crippen LogP contribution in [0.2, 0.25) is 0 Å². The number of benzene rings is 4. The van der Waals surface area contributed by atoms with Crippen LogP contribution in [0.1, 0.15) is 55.5 Å². The Morgan fingerprint density at radius 1 is 0.729 bits per heavy atom. The molecule has 0 unspecified atom stereocenters. The van der Waals surface area contributed by atoms with E-state index in [1.165, 1.54) is 11.1 Å². The van der Waals surface area contributed by atoms with Gasteiger partial charge in [0.1, 0.15) is 6.04 Å². The summed E-state index contributed by atoms with van der Waals surface area (Å²) in [7, 11) is 1.97. The van der Waals surface area contributed by atoms with Gasteiger partial charge in [0, 0.05) is 110 Å². The lowest BCUT2D eigenvalue weighted by atomic mass is 9.87. The van der Waals surface area contributed by atoms with Gasteiger partial charge in [0.15, 0.2) is 0 Å². The maximum atomic E-state index is 14.8. The van der Waals surface area contributed by atoms with E-state index in [1.807, 2.05) is 70.3 Å². The van der Waals surface area contributed by atoms with Crippen molar-refractivity contribution in [2.45, 2.75) is 58.7 Å². The van der Waals surface area contributed by atoms with E-state index in [9.17, 15) is 19.5 Å². The van der Waals surface area contributed by atoms with Gasteiger partial charge in [-0.15, -0.1) is 0 Å². The average molecular weight is 799 g/mol. The summed E-state index contributed by atoms with van der Waals surface area (Å²) < 4.78 is 0. The van der Waals surface area contributed by atoms with Gasteiger partial charge in [0.05, 0.1) is 6.61 Å². The van der Waals surface area contributed by atoms with Crippen LogP contribution in [0.4, 0.5) is 11.4 Å². The van der Waals surface area contributed by atoms with E-state index < -0.39 is 6.04 Å². The molecule has 59 heavy (non-hydrogen) atoms. The molecule has 2 heterocycles. The molecule has 2 saturated heterocycles. The molecule has 4 aromatic rings. The van der Waals surface area contributed by atoms with Crippen molar-refractivity contribution in [3.63, 3.8) is 0 Å². The van der Waals surface area contributed by atoms with Gasteiger partial charge in [-0.05, 0) is 63.6 Å². The Balaban J connectivity index is 1.22. The largest absolute Gasteiger partial charge is 0.395 e. The Morgan fingerprint density at radius 3 is 1.93 bits per heavy atom. The molecule has 0 radical (unpaired) electrons. The summed E-state index contributed by atoms with van der Waals surface area (Å²) in [4.78, 5) is 53.5. The molecule has 0 bridgehead atoms. The molecule has 312 valence electrons. The number of hydrogen-bond donors (Lipinski definition) is 1. The third kappa shape index (κ3) is 11.8. The van der Waals surface area contributed by atoms with E-state index >= 15 is 0 Å². The predicted molar refractivity (Wildman–Crippen MR) is 238 cm³/mol. The molecule has 10 nitrogen and oxygen atoms in total. The molecule has 2 aliphatic heterocycles. The zero-order valence-electron chi connectivity index (χ0n) is 35.6. The number of nitrogens with zero attached hydrogens (tertiary/aromatic N) is 6. The minimum atomic E-state index is -0.716. The van der Waals surface area contributed by atoms with Gasteiger partial charge in [-0.1, -0.05) is 99.6 Å². The average Bonchev–Trinajstić information content (AvgIpc) is 3.25. The molecule has 4 aromatic carbocycles. The van der Waals surface area contributed by atoms with Crippen molar-refractivity contribution in [2.75, 3.05) is 82.4 Å². The smallest absolute Gasteiger partial charge is 0.247 e. The molecule has 2 aliphatic rings. The van der Waals surface area contributed by atoms with E-state index in [-0.39, 0.29) is 36.3 Å². The fourth-order valence-corrected chi connectivity index (χ4v) is 7.89. The third-order valence-corrected chi connectivity index (χ3v) is 11.7. The van der Waals surface area contributed by atoms with E-state index in [2.05, 4.69) is 91.2 Å². The van der Waals surface area contributed by atoms with Crippen LogP contribution in [0.25, 0.3) is 6.08 Å². The van der Waals surface area contributed by atoms with Crippen molar-refractivity contribution in [3.8, 4) is 0 Å². The lowest BCUT2D eigenvalue weighted by Crippen LogP contribution is -2.56. The van der Waals surface area contributed by atoms with Crippen molar-refractivity contribution >= 4 is 35.2 Å². The van der Waals surface area contributed by atoms with Crippen molar-refractivity contribution in [1.82, 2.24) is 19.6 Å². The van der Waals surface area contributed by atoms with Crippen LogP contribution in [0.5, 0.6) is 0 Å². The lowest BCUT2D eigenvalue weighted by Gasteiger charge is -2.39. The SMILES string of the molecule is CC(=O)N1CCN(c2ccc(CN(C(=O)/C=C/c3ccc(C(C)(C)C)cc3)[C@@H](Cc3ccccc3)C(=O)N3CCN(Cc4ccc(N(C)CCO)cc4)CC3)cc2)CC1. The highest BCUT2D eigenvalue weighted by Crippen LogP contribution is 2.25. The molecule has 0 spiro atoms. The normalized spacial score (nSPS) is 15.7. The number of aliphatic hydroxyl groups excluding tert-OH is 1. The zero-order valence-corrected chi connectivity index (χ0v) is 35.6. The second-order valence-electron chi connectivity index (χ2n) is 16.9. The standard InChI is InChI=1S/C49H62N6O4/c1-38(57)52-29-31-53(32-30-52)45-22-15-42(16-23-45)37-55(47(58)24-17-39-11-18-43(19-12-39)49(2,3)4)46(35-40-9-7-6-8-10-40)48(59)54-27-25-51(26-28-54)36-41-13-20-44(21-14-41)50(5)33-34-56/h6-24,46,56H,25-37H2,1-5H3/b24-17+/t46-/m0/s1. The number of carbonyl (C=O) groups excluding carboxylic acids is 3. The maximum Gasteiger partial charge on any atom is 0.247 e. The zero-order chi connectivity index (χ0) is 41.9. The molecule has 0 aromatic heterocycles.